The molecule has 1 rings (SSSR count). The molecule has 100 valence electrons. The number of carbonyl (C=O) groups is 1. The van der Waals surface area contributed by atoms with Crippen molar-refractivity contribution in [2.45, 2.75) is 39.3 Å². The molecule has 0 bridgehead atoms. The van der Waals surface area contributed by atoms with Crippen LogP contribution < -0.4 is 5.32 Å². The van der Waals surface area contributed by atoms with Crippen molar-refractivity contribution < 1.29 is 9.53 Å². The monoisotopic (exact) mass is 269 g/mol. The maximum atomic E-state index is 11.3. The summed E-state index contributed by atoms with van der Waals surface area (Å²) in [6.07, 6.45) is 0.381. The van der Waals surface area contributed by atoms with Gasteiger partial charge in [0.1, 0.15) is 0 Å². The van der Waals surface area contributed by atoms with E-state index in [0.717, 1.165) is 10.6 Å². The van der Waals surface area contributed by atoms with Crippen LogP contribution in [0.15, 0.2) is 24.3 Å². The van der Waals surface area contributed by atoms with Gasteiger partial charge in [-0.25, -0.2) is 0 Å². The predicted octanol–water partition coefficient (Wildman–Crippen LogP) is 3.33. The van der Waals surface area contributed by atoms with Crippen LogP contribution in [-0.4, -0.2) is 18.6 Å². The summed E-state index contributed by atoms with van der Waals surface area (Å²) in [5, 5.41) is 4.09. The minimum Gasteiger partial charge on any atom is -0.466 e. The number of ether oxygens (including phenoxy) is 1. The molecule has 3 nitrogen and oxygen atoms in total. The Bertz CT molecular complexity index is 378. The molecule has 0 saturated heterocycles. The van der Waals surface area contributed by atoms with Crippen LogP contribution in [0.3, 0.4) is 0 Å². The third-order valence-electron chi connectivity index (χ3n) is 2.68. The Kier molecular flexibility index (Phi) is 6.16. The third kappa shape index (κ3) is 5.07. The SMILES string of the molecule is CCOC(=O)CC(C)NC(C)c1ccc(Cl)cc1. The van der Waals surface area contributed by atoms with Crippen LogP contribution in [0.4, 0.5) is 0 Å². The number of halogens is 1. The smallest absolute Gasteiger partial charge is 0.307 e. The summed E-state index contributed by atoms with van der Waals surface area (Å²) in [6.45, 7) is 6.28. The zero-order valence-electron chi connectivity index (χ0n) is 11.1. The van der Waals surface area contributed by atoms with E-state index in [-0.39, 0.29) is 18.1 Å². The van der Waals surface area contributed by atoms with Crippen molar-refractivity contribution in [2.24, 2.45) is 0 Å². The summed E-state index contributed by atoms with van der Waals surface area (Å²) in [7, 11) is 0. The molecule has 18 heavy (non-hydrogen) atoms. The molecule has 0 aromatic heterocycles. The lowest BCUT2D eigenvalue weighted by atomic mass is 10.1. The van der Waals surface area contributed by atoms with E-state index in [0.29, 0.717) is 13.0 Å². The first-order chi connectivity index (χ1) is 8.52. The Morgan fingerprint density at radius 1 is 1.33 bits per heavy atom. The van der Waals surface area contributed by atoms with Crippen LogP contribution >= 0.6 is 11.6 Å². The standard InChI is InChI=1S/C14H20ClNO2/c1-4-18-14(17)9-10(2)16-11(3)12-5-7-13(15)8-6-12/h5-8,10-11,16H,4,9H2,1-3H3. The van der Waals surface area contributed by atoms with Gasteiger partial charge >= 0.3 is 5.97 Å². The fraction of sp³-hybridized carbons (Fsp3) is 0.500. The van der Waals surface area contributed by atoms with Crippen LogP contribution in [0.5, 0.6) is 0 Å². The molecular formula is C14H20ClNO2. The van der Waals surface area contributed by atoms with Gasteiger partial charge in [-0.1, -0.05) is 23.7 Å². The Balaban J connectivity index is 2.46. The molecule has 0 spiro atoms. The highest BCUT2D eigenvalue weighted by molar-refractivity contribution is 6.30. The van der Waals surface area contributed by atoms with Crippen molar-refractivity contribution >= 4 is 17.6 Å². The largest absolute Gasteiger partial charge is 0.466 e. The summed E-state index contributed by atoms with van der Waals surface area (Å²) in [4.78, 5) is 11.3. The molecule has 0 radical (unpaired) electrons. The van der Waals surface area contributed by atoms with Gasteiger partial charge in [0.2, 0.25) is 0 Å². The molecule has 0 aliphatic rings. The number of esters is 1. The van der Waals surface area contributed by atoms with Crippen LogP contribution in [0.25, 0.3) is 0 Å². The molecule has 0 heterocycles. The predicted molar refractivity (Wildman–Crippen MR) is 73.7 cm³/mol. The first-order valence-electron chi connectivity index (χ1n) is 6.20. The molecule has 0 fully saturated rings. The van der Waals surface area contributed by atoms with E-state index in [9.17, 15) is 4.79 Å². The van der Waals surface area contributed by atoms with Crippen molar-refractivity contribution in [1.82, 2.24) is 5.32 Å². The molecule has 1 aromatic carbocycles. The minimum absolute atomic E-state index is 0.0785. The van der Waals surface area contributed by atoms with Gasteiger partial charge in [-0.05, 0) is 38.5 Å². The Hall–Kier alpha value is -1.06. The lowest BCUT2D eigenvalue weighted by Crippen LogP contribution is -2.31. The van der Waals surface area contributed by atoms with E-state index in [2.05, 4.69) is 12.2 Å². The van der Waals surface area contributed by atoms with Gasteiger partial charge in [0.25, 0.3) is 0 Å². The van der Waals surface area contributed by atoms with E-state index in [1.807, 2.05) is 38.1 Å². The topological polar surface area (TPSA) is 38.3 Å². The highest BCUT2D eigenvalue weighted by Gasteiger charge is 2.13. The molecule has 0 saturated carbocycles. The lowest BCUT2D eigenvalue weighted by molar-refractivity contribution is -0.143. The molecular weight excluding hydrogens is 250 g/mol. The van der Waals surface area contributed by atoms with Gasteiger partial charge in [-0.2, -0.15) is 0 Å². The van der Waals surface area contributed by atoms with Gasteiger partial charge in [-0.15, -0.1) is 0 Å². The fourth-order valence-corrected chi connectivity index (χ4v) is 1.93. The number of nitrogens with one attached hydrogen (secondary N) is 1. The first kappa shape index (κ1) is 15.0. The Morgan fingerprint density at radius 2 is 1.94 bits per heavy atom. The first-order valence-corrected chi connectivity index (χ1v) is 6.57. The summed E-state index contributed by atoms with van der Waals surface area (Å²) >= 11 is 5.84. The number of hydrogen-bond donors (Lipinski definition) is 1. The van der Waals surface area contributed by atoms with E-state index in [1.165, 1.54) is 0 Å². The van der Waals surface area contributed by atoms with E-state index in [1.54, 1.807) is 0 Å². The molecule has 0 aliphatic heterocycles. The zero-order valence-corrected chi connectivity index (χ0v) is 11.8. The molecule has 1 aromatic rings. The van der Waals surface area contributed by atoms with Crippen molar-refractivity contribution in [3.63, 3.8) is 0 Å². The second-order valence-corrected chi connectivity index (χ2v) is 4.79. The van der Waals surface area contributed by atoms with E-state index < -0.39 is 0 Å². The van der Waals surface area contributed by atoms with E-state index in [4.69, 9.17) is 16.3 Å². The van der Waals surface area contributed by atoms with Gasteiger partial charge in [-0.3, -0.25) is 4.79 Å². The zero-order chi connectivity index (χ0) is 13.5. The summed E-state index contributed by atoms with van der Waals surface area (Å²) in [5.41, 5.74) is 1.15. The maximum Gasteiger partial charge on any atom is 0.307 e. The normalized spacial score (nSPS) is 14.0. The molecule has 0 aliphatic carbocycles. The van der Waals surface area contributed by atoms with Crippen LogP contribution in [0.2, 0.25) is 5.02 Å². The van der Waals surface area contributed by atoms with Crippen molar-refractivity contribution in [2.75, 3.05) is 6.61 Å². The van der Waals surface area contributed by atoms with Crippen LogP contribution in [-0.2, 0) is 9.53 Å². The maximum absolute atomic E-state index is 11.3. The number of carbonyl (C=O) groups excluding carboxylic acids is 1. The van der Waals surface area contributed by atoms with Crippen molar-refractivity contribution in [1.29, 1.82) is 0 Å². The number of rotatable bonds is 6. The van der Waals surface area contributed by atoms with Crippen molar-refractivity contribution in [3.05, 3.63) is 34.9 Å². The van der Waals surface area contributed by atoms with Gasteiger partial charge in [0, 0.05) is 17.1 Å². The fourth-order valence-electron chi connectivity index (χ4n) is 1.80. The van der Waals surface area contributed by atoms with Gasteiger partial charge < -0.3 is 10.1 Å². The Morgan fingerprint density at radius 3 is 2.50 bits per heavy atom. The average molecular weight is 270 g/mol. The molecule has 2 unspecified atom stereocenters. The summed E-state index contributed by atoms with van der Waals surface area (Å²) < 4.78 is 4.92. The van der Waals surface area contributed by atoms with Crippen molar-refractivity contribution in [3.8, 4) is 0 Å². The molecule has 1 N–H and O–H groups in total. The van der Waals surface area contributed by atoms with Gasteiger partial charge in [0.15, 0.2) is 0 Å². The average Bonchev–Trinajstić information content (AvgIpc) is 2.29. The highest BCUT2D eigenvalue weighted by Crippen LogP contribution is 2.16. The second-order valence-electron chi connectivity index (χ2n) is 4.35. The summed E-state index contributed by atoms with van der Waals surface area (Å²) in [5.74, 6) is -0.166. The molecule has 4 heteroatoms. The second kappa shape index (κ2) is 7.39. The Labute approximate surface area is 113 Å². The molecule has 2 atom stereocenters. The molecule has 0 amide bonds. The quantitative estimate of drug-likeness (QED) is 0.805. The minimum atomic E-state index is -0.166. The van der Waals surface area contributed by atoms with Gasteiger partial charge in [0.05, 0.1) is 13.0 Å². The summed E-state index contributed by atoms with van der Waals surface area (Å²) in [6, 6.07) is 7.95. The number of hydrogen-bond acceptors (Lipinski definition) is 3. The third-order valence-corrected chi connectivity index (χ3v) is 2.93. The highest BCUT2D eigenvalue weighted by atomic mass is 35.5. The van der Waals surface area contributed by atoms with Crippen LogP contribution in [0, 0.1) is 0 Å². The lowest BCUT2D eigenvalue weighted by Gasteiger charge is -2.19. The van der Waals surface area contributed by atoms with Crippen LogP contribution in [0.1, 0.15) is 38.8 Å². The van der Waals surface area contributed by atoms with E-state index >= 15 is 0 Å². The number of benzene rings is 1.